The summed E-state index contributed by atoms with van der Waals surface area (Å²) in [6.07, 6.45) is 5.09. The molecular formula is C18H17ClN2O3S2. The van der Waals surface area contributed by atoms with E-state index in [0.717, 1.165) is 40.5 Å². The lowest BCUT2D eigenvalue weighted by Gasteiger charge is -2.21. The van der Waals surface area contributed by atoms with Crippen LogP contribution in [0.1, 0.15) is 36.6 Å². The fourth-order valence-corrected chi connectivity index (χ4v) is 5.39. The minimum absolute atomic E-state index is 0.225. The standard InChI is InChI=1S/C18H17ClN2O3S2/c1-11-9-13(19)5-6-14(11)21-26(22,23)17-8-7-16(25-17)15-10-20-18(24-15)12-3-2-4-12/h5-10,12,21H,2-4H2,1H3. The van der Waals surface area contributed by atoms with Gasteiger partial charge >= 0.3 is 0 Å². The second kappa shape index (κ2) is 6.72. The van der Waals surface area contributed by atoms with Crippen molar-refractivity contribution in [2.45, 2.75) is 36.3 Å². The highest BCUT2D eigenvalue weighted by Gasteiger charge is 2.25. The molecule has 2 aromatic heterocycles. The van der Waals surface area contributed by atoms with Crippen LogP contribution in [0.3, 0.4) is 0 Å². The normalized spacial score (nSPS) is 15.0. The highest BCUT2D eigenvalue weighted by molar-refractivity contribution is 7.94. The van der Waals surface area contributed by atoms with Gasteiger partial charge in [0.2, 0.25) is 0 Å². The topological polar surface area (TPSA) is 72.2 Å². The SMILES string of the molecule is Cc1cc(Cl)ccc1NS(=O)(=O)c1ccc(-c2cnc(C3CCC3)o2)s1. The first-order valence-electron chi connectivity index (χ1n) is 8.27. The van der Waals surface area contributed by atoms with Gasteiger partial charge in [0.25, 0.3) is 10.0 Å². The monoisotopic (exact) mass is 408 g/mol. The van der Waals surface area contributed by atoms with Gasteiger partial charge in [-0.1, -0.05) is 18.0 Å². The van der Waals surface area contributed by atoms with Crippen molar-refractivity contribution in [1.82, 2.24) is 4.98 Å². The number of rotatable bonds is 5. The number of nitrogens with one attached hydrogen (secondary N) is 1. The highest BCUT2D eigenvalue weighted by Crippen LogP contribution is 2.39. The molecular weight excluding hydrogens is 392 g/mol. The first kappa shape index (κ1) is 17.6. The number of aryl methyl sites for hydroxylation is 1. The minimum Gasteiger partial charge on any atom is -0.440 e. The molecule has 1 N–H and O–H groups in total. The molecule has 0 aliphatic heterocycles. The van der Waals surface area contributed by atoms with Crippen molar-refractivity contribution in [3.63, 3.8) is 0 Å². The molecule has 0 saturated heterocycles. The predicted molar refractivity (Wildman–Crippen MR) is 103 cm³/mol. The van der Waals surface area contributed by atoms with Gasteiger partial charge in [-0.25, -0.2) is 13.4 Å². The summed E-state index contributed by atoms with van der Waals surface area (Å²) in [7, 11) is -3.68. The van der Waals surface area contributed by atoms with E-state index in [1.54, 1.807) is 43.5 Å². The molecule has 0 radical (unpaired) electrons. The Morgan fingerprint density at radius 1 is 1.27 bits per heavy atom. The van der Waals surface area contributed by atoms with Crippen molar-refractivity contribution in [2.75, 3.05) is 4.72 Å². The van der Waals surface area contributed by atoms with Crippen molar-refractivity contribution < 1.29 is 12.8 Å². The number of benzene rings is 1. The van der Waals surface area contributed by atoms with Gasteiger partial charge < -0.3 is 4.42 Å². The van der Waals surface area contributed by atoms with Gasteiger partial charge in [-0.15, -0.1) is 11.3 Å². The zero-order valence-electron chi connectivity index (χ0n) is 14.0. The third-order valence-corrected chi connectivity index (χ3v) is 7.69. The molecule has 0 atom stereocenters. The Bertz CT molecular complexity index is 1050. The smallest absolute Gasteiger partial charge is 0.271 e. The highest BCUT2D eigenvalue weighted by atomic mass is 35.5. The zero-order valence-corrected chi connectivity index (χ0v) is 16.4. The molecule has 1 fully saturated rings. The molecule has 0 bridgehead atoms. The first-order chi connectivity index (χ1) is 12.4. The molecule has 4 rings (SSSR count). The molecule has 5 nitrogen and oxygen atoms in total. The summed E-state index contributed by atoms with van der Waals surface area (Å²) < 4.78 is 34.0. The predicted octanol–water partition coefficient (Wildman–Crippen LogP) is 5.43. The summed E-state index contributed by atoms with van der Waals surface area (Å²) in [6.45, 7) is 1.81. The number of aromatic nitrogens is 1. The number of anilines is 1. The molecule has 1 aliphatic carbocycles. The summed E-state index contributed by atoms with van der Waals surface area (Å²) in [6, 6.07) is 8.36. The lowest BCUT2D eigenvalue weighted by molar-refractivity contribution is 0.338. The molecule has 8 heteroatoms. The average molecular weight is 409 g/mol. The van der Waals surface area contributed by atoms with Gasteiger partial charge in [0.1, 0.15) is 4.21 Å². The third-order valence-electron chi connectivity index (χ3n) is 4.50. The maximum atomic E-state index is 12.7. The third kappa shape index (κ3) is 3.39. The van der Waals surface area contributed by atoms with Gasteiger partial charge in [-0.2, -0.15) is 0 Å². The Kier molecular flexibility index (Phi) is 4.54. The Balaban J connectivity index is 1.57. The van der Waals surface area contributed by atoms with Crippen molar-refractivity contribution in [3.05, 3.63) is 53.0 Å². The number of oxazole rings is 1. The Labute approximate surface area is 161 Å². The van der Waals surface area contributed by atoms with Gasteiger partial charge in [-0.3, -0.25) is 4.72 Å². The number of thiophene rings is 1. The van der Waals surface area contributed by atoms with Gasteiger partial charge in [-0.05, 0) is 55.7 Å². The molecule has 3 aromatic rings. The van der Waals surface area contributed by atoms with Crippen LogP contribution in [0.5, 0.6) is 0 Å². The summed E-state index contributed by atoms with van der Waals surface area (Å²) >= 11 is 7.09. The van der Waals surface area contributed by atoms with Gasteiger partial charge in [0, 0.05) is 10.9 Å². The van der Waals surface area contributed by atoms with Crippen LogP contribution in [-0.4, -0.2) is 13.4 Å². The van der Waals surface area contributed by atoms with Crippen LogP contribution in [0.25, 0.3) is 10.6 Å². The van der Waals surface area contributed by atoms with Crippen LogP contribution in [0.15, 0.2) is 45.2 Å². The summed E-state index contributed by atoms with van der Waals surface area (Å²) in [4.78, 5) is 5.08. The van der Waals surface area contributed by atoms with Crippen molar-refractivity contribution in [1.29, 1.82) is 0 Å². The molecule has 0 spiro atoms. The largest absolute Gasteiger partial charge is 0.440 e. The molecule has 1 saturated carbocycles. The molecule has 1 aliphatic rings. The number of sulfonamides is 1. The summed E-state index contributed by atoms with van der Waals surface area (Å²) in [5.41, 5.74) is 1.27. The molecule has 0 unspecified atom stereocenters. The van der Waals surface area contributed by atoms with E-state index >= 15 is 0 Å². The molecule has 2 heterocycles. The maximum Gasteiger partial charge on any atom is 0.271 e. The van der Waals surface area contributed by atoms with Crippen LogP contribution in [0.4, 0.5) is 5.69 Å². The molecule has 26 heavy (non-hydrogen) atoms. The molecule has 0 amide bonds. The van der Waals surface area contributed by atoms with Crippen LogP contribution < -0.4 is 4.72 Å². The van der Waals surface area contributed by atoms with Crippen LogP contribution in [0.2, 0.25) is 5.02 Å². The second-order valence-electron chi connectivity index (χ2n) is 6.37. The zero-order chi connectivity index (χ0) is 18.3. The van der Waals surface area contributed by atoms with Crippen LogP contribution in [0, 0.1) is 6.92 Å². The van der Waals surface area contributed by atoms with Crippen molar-refractivity contribution in [3.8, 4) is 10.6 Å². The average Bonchev–Trinajstić information content (AvgIpc) is 3.17. The number of nitrogens with zero attached hydrogens (tertiary/aromatic N) is 1. The number of hydrogen-bond donors (Lipinski definition) is 1. The van der Waals surface area contributed by atoms with E-state index in [4.69, 9.17) is 16.0 Å². The van der Waals surface area contributed by atoms with E-state index in [1.807, 2.05) is 0 Å². The minimum atomic E-state index is -3.68. The fraction of sp³-hybridized carbons (Fsp3) is 0.278. The summed E-state index contributed by atoms with van der Waals surface area (Å²) in [5.74, 6) is 1.77. The Hall–Kier alpha value is -1.83. The van der Waals surface area contributed by atoms with Gasteiger partial charge in [0.15, 0.2) is 11.7 Å². The lowest BCUT2D eigenvalue weighted by atomic mass is 9.85. The van der Waals surface area contributed by atoms with Crippen molar-refractivity contribution >= 4 is 38.6 Å². The Morgan fingerprint density at radius 2 is 2.08 bits per heavy atom. The maximum absolute atomic E-state index is 12.7. The van der Waals surface area contributed by atoms with Crippen LogP contribution >= 0.6 is 22.9 Å². The first-order valence-corrected chi connectivity index (χ1v) is 10.9. The number of halogens is 1. The quantitative estimate of drug-likeness (QED) is 0.610. The fourth-order valence-electron chi connectivity index (χ4n) is 2.78. The van der Waals surface area contributed by atoms with Gasteiger partial charge in [0.05, 0.1) is 16.8 Å². The van der Waals surface area contributed by atoms with E-state index in [0.29, 0.717) is 22.4 Å². The Morgan fingerprint density at radius 3 is 2.77 bits per heavy atom. The molecule has 136 valence electrons. The van der Waals surface area contributed by atoms with Crippen molar-refractivity contribution in [2.24, 2.45) is 0 Å². The van der Waals surface area contributed by atoms with E-state index < -0.39 is 10.0 Å². The second-order valence-corrected chi connectivity index (χ2v) is 9.80. The van der Waals surface area contributed by atoms with E-state index in [2.05, 4.69) is 9.71 Å². The summed E-state index contributed by atoms with van der Waals surface area (Å²) in [5, 5.41) is 0.566. The van der Waals surface area contributed by atoms with E-state index in [9.17, 15) is 8.42 Å². The number of hydrogen-bond acceptors (Lipinski definition) is 5. The van der Waals surface area contributed by atoms with E-state index in [-0.39, 0.29) is 4.21 Å². The molecule has 1 aromatic carbocycles. The van der Waals surface area contributed by atoms with E-state index in [1.165, 1.54) is 6.42 Å². The van der Waals surface area contributed by atoms with Crippen LogP contribution in [-0.2, 0) is 10.0 Å². The lowest BCUT2D eigenvalue weighted by Crippen LogP contribution is -2.12.